The van der Waals surface area contributed by atoms with Gasteiger partial charge in [-0.05, 0) is 53.9 Å². The second-order valence-electron chi connectivity index (χ2n) is 9.96. The lowest BCUT2D eigenvalue weighted by molar-refractivity contribution is -0.236. The van der Waals surface area contributed by atoms with Crippen LogP contribution in [0.5, 0.6) is 0 Å². The number of fused-ring (bicyclic) bond motifs is 1. The van der Waals surface area contributed by atoms with Gasteiger partial charge in [-0.2, -0.15) is 0 Å². The van der Waals surface area contributed by atoms with Gasteiger partial charge in [-0.15, -0.1) is 0 Å². The number of nitrogens with one attached hydrogen (secondary N) is 1. The standard InChI is InChI=1S/C29H32N2O7/c1-17(22-8-4-6-18-5-2-3-7-23(18)22)30-20-13-14-31(16-20)21-11-9-19(10-12-21)29(36)38-25-15-24(32)26(33)27(37-25)28(34)35/h2-12,17,20,24-27,30,32-33H,13-16H2,1H3,(H,34,35)/t17-,20+,24-,25+,26+,27+/m1/s1. The van der Waals surface area contributed by atoms with E-state index in [9.17, 15) is 19.8 Å². The topological polar surface area (TPSA) is 129 Å². The molecule has 0 aromatic heterocycles. The Morgan fingerprint density at radius 3 is 2.55 bits per heavy atom. The van der Waals surface area contributed by atoms with E-state index in [0.29, 0.717) is 6.04 Å². The van der Waals surface area contributed by atoms with Crippen molar-refractivity contribution in [2.45, 2.75) is 56.5 Å². The molecule has 0 saturated carbocycles. The Morgan fingerprint density at radius 1 is 1.05 bits per heavy atom. The second-order valence-corrected chi connectivity index (χ2v) is 9.96. The first kappa shape index (κ1) is 26.1. The minimum absolute atomic E-state index is 0.200. The van der Waals surface area contributed by atoms with E-state index in [1.54, 1.807) is 12.1 Å². The Bertz CT molecular complexity index is 1290. The first-order valence-electron chi connectivity index (χ1n) is 12.8. The lowest BCUT2D eigenvalue weighted by atomic mass is 9.99. The fourth-order valence-corrected chi connectivity index (χ4v) is 5.32. The van der Waals surface area contributed by atoms with Crippen LogP contribution in [0.2, 0.25) is 0 Å². The highest BCUT2D eigenvalue weighted by Gasteiger charge is 2.42. The molecule has 38 heavy (non-hydrogen) atoms. The minimum atomic E-state index is -1.67. The number of anilines is 1. The maximum atomic E-state index is 12.6. The zero-order valence-electron chi connectivity index (χ0n) is 21.1. The van der Waals surface area contributed by atoms with Gasteiger partial charge in [0.15, 0.2) is 6.10 Å². The highest BCUT2D eigenvalue weighted by Crippen LogP contribution is 2.27. The van der Waals surface area contributed by atoms with Gasteiger partial charge in [0.1, 0.15) is 6.10 Å². The van der Waals surface area contributed by atoms with Gasteiger partial charge in [0.25, 0.3) is 0 Å². The molecule has 0 bridgehead atoms. The van der Waals surface area contributed by atoms with Gasteiger partial charge in [0.05, 0.1) is 11.7 Å². The van der Waals surface area contributed by atoms with Gasteiger partial charge >= 0.3 is 11.9 Å². The molecule has 0 spiro atoms. The van der Waals surface area contributed by atoms with Crippen molar-refractivity contribution in [1.82, 2.24) is 5.32 Å². The van der Waals surface area contributed by atoms with E-state index < -0.39 is 36.5 Å². The van der Waals surface area contributed by atoms with Crippen LogP contribution in [0.4, 0.5) is 5.69 Å². The monoisotopic (exact) mass is 520 g/mol. The molecule has 0 amide bonds. The first-order valence-corrected chi connectivity index (χ1v) is 12.8. The number of aliphatic hydroxyl groups excluding tert-OH is 2. The fourth-order valence-electron chi connectivity index (χ4n) is 5.32. The smallest absolute Gasteiger partial charge is 0.340 e. The van der Waals surface area contributed by atoms with E-state index in [4.69, 9.17) is 14.6 Å². The largest absolute Gasteiger partial charge is 0.479 e. The molecule has 2 aliphatic heterocycles. The highest BCUT2D eigenvalue weighted by atomic mass is 16.7. The van der Waals surface area contributed by atoms with Gasteiger partial charge in [0, 0.05) is 37.3 Å². The molecule has 3 aromatic rings. The van der Waals surface area contributed by atoms with Crippen LogP contribution >= 0.6 is 0 Å². The Morgan fingerprint density at radius 2 is 1.79 bits per heavy atom. The lowest BCUT2D eigenvalue weighted by Gasteiger charge is -2.34. The summed E-state index contributed by atoms with van der Waals surface area (Å²) in [5.74, 6) is -2.13. The van der Waals surface area contributed by atoms with E-state index in [2.05, 4.69) is 59.6 Å². The van der Waals surface area contributed by atoms with Crippen LogP contribution in [0.1, 0.15) is 41.7 Å². The van der Waals surface area contributed by atoms with Crippen molar-refractivity contribution in [2.75, 3.05) is 18.0 Å². The second kappa shape index (κ2) is 11.1. The molecular formula is C29H32N2O7. The van der Waals surface area contributed by atoms with Crippen LogP contribution in [0.3, 0.4) is 0 Å². The SMILES string of the molecule is C[C@@H](N[C@H]1CCN(c2ccc(C(=O)O[C@H]3C[C@@H](O)[C@H](O)[C@@H](C(=O)O)O3)cc2)C1)c1cccc2ccccc12. The summed E-state index contributed by atoms with van der Waals surface area (Å²) in [5.41, 5.74) is 2.55. The van der Waals surface area contributed by atoms with Gasteiger partial charge in [-0.3, -0.25) is 0 Å². The Balaban J connectivity index is 1.17. The van der Waals surface area contributed by atoms with Crippen molar-refractivity contribution < 1.29 is 34.4 Å². The molecule has 6 atom stereocenters. The number of nitrogens with zero attached hydrogens (tertiary/aromatic N) is 1. The van der Waals surface area contributed by atoms with Gasteiger partial charge in [-0.1, -0.05) is 42.5 Å². The summed E-state index contributed by atoms with van der Waals surface area (Å²) in [6, 6.07) is 22.3. The molecule has 9 nitrogen and oxygen atoms in total. The average Bonchev–Trinajstić information content (AvgIpc) is 3.38. The highest BCUT2D eigenvalue weighted by molar-refractivity contribution is 5.90. The maximum Gasteiger partial charge on any atom is 0.340 e. The van der Waals surface area contributed by atoms with Gasteiger partial charge < -0.3 is 35.0 Å². The van der Waals surface area contributed by atoms with Crippen LogP contribution in [0, 0.1) is 0 Å². The zero-order valence-corrected chi connectivity index (χ0v) is 21.1. The van der Waals surface area contributed by atoms with Crippen LogP contribution in [0.15, 0.2) is 66.7 Å². The number of aliphatic hydroxyl groups is 2. The molecule has 2 aliphatic rings. The third-order valence-electron chi connectivity index (χ3n) is 7.35. The third kappa shape index (κ3) is 5.51. The minimum Gasteiger partial charge on any atom is -0.479 e. The quantitative estimate of drug-likeness (QED) is 0.348. The Kier molecular flexibility index (Phi) is 7.62. The summed E-state index contributed by atoms with van der Waals surface area (Å²) in [5, 5.41) is 35.1. The van der Waals surface area contributed by atoms with Crippen LogP contribution in [-0.2, 0) is 14.3 Å². The fraction of sp³-hybridized carbons (Fsp3) is 0.379. The summed E-state index contributed by atoms with van der Waals surface area (Å²) >= 11 is 0. The van der Waals surface area contributed by atoms with Crippen LogP contribution in [0.25, 0.3) is 10.8 Å². The number of rotatable bonds is 7. The van der Waals surface area contributed by atoms with Gasteiger partial charge in [-0.25, -0.2) is 9.59 Å². The number of aliphatic carboxylic acids is 1. The van der Waals surface area contributed by atoms with Crippen molar-refractivity contribution >= 4 is 28.4 Å². The van der Waals surface area contributed by atoms with E-state index in [0.717, 1.165) is 25.2 Å². The maximum absolute atomic E-state index is 12.6. The molecule has 0 unspecified atom stereocenters. The number of carboxylic acids is 1. The summed E-state index contributed by atoms with van der Waals surface area (Å²) < 4.78 is 10.4. The predicted molar refractivity (Wildman–Crippen MR) is 141 cm³/mol. The molecule has 2 heterocycles. The number of esters is 1. The zero-order chi connectivity index (χ0) is 26.8. The Labute approximate surface area is 220 Å². The van der Waals surface area contributed by atoms with Crippen molar-refractivity contribution in [2.24, 2.45) is 0 Å². The van der Waals surface area contributed by atoms with E-state index in [-0.39, 0.29) is 18.0 Å². The van der Waals surface area contributed by atoms with Crippen LogP contribution in [-0.4, -0.2) is 71.0 Å². The number of carbonyl (C=O) groups excluding carboxylic acids is 1. The summed E-state index contributed by atoms with van der Waals surface area (Å²) in [6.07, 6.45) is -5.11. The van der Waals surface area contributed by atoms with Crippen molar-refractivity contribution in [3.05, 3.63) is 77.9 Å². The molecule has 2 saturated heterocycles. The number of carbonyl (C=O) groups is 2. The van der Waals surface area contributed by atoms with Crippen LogP contribution < -0.4 is 10.2 Å². The predicted octanol–water partition coefficient (Wildman–Crippen LogP) is 2.85. The molecular weight excluding hydrogens is 488 g/mol. The molecule has 0 aliphatic carbocycles. The molecule has 5 rings (SSSR count). The normalized spacial score (nSPS) is 26.3. The number of carboxylic acid groups (broad SMARTS) is 1. The molecule has 4 N–H and O–H groups in total. The number of hydrogen-bond acceptors (Lipinski definition) is 8. The first-order chi connectivity index (χ1) is 18.3. The van der Waals surface area contributed by atoms with E-state index in [1.165, 1.54) is 16.3 Å². The molecule has 2 fully saturated rings. The Hall–Kier alpha value is -3.50. The van der Waals surface area contributed by atoms with Gasteiger partial charge in [0.2, 0.25) is 6.29 Å². The lowest BCUT2D eigenvalue weighted by Crippen LogP contribution is -2.52. The number of benzene rings is 3. The molecule has 200 valence electrons. The number of ether oxygens (including phenoxy) is 2. The average molecular weight is 521 g/mol. The van der Waals surface area contributed by atoms with E-state index in [1.807, 2.05) is 12.1 Å². The van der Waals surface area contributed by atoms with E-state index >= 15 is 0 Å². The summed E-state index contributed by atoms with van der Waals surface area (Å²) in [6.45, 7) is 3.92. The summed E-state index contributed by atoms with van der Waals surface area (Å²) in [4.78, 5) is 26.1. The number of hydrogen-bond donors (Lipinski definition) is 4. The van der Waals surface area contributed by atoms with Crippen molar-refractivity contribution in [1.29, 1.82) is 0 Å². The molecule has 9 heteroatoms. The molecule has 0 radical (unpaired) electrons. The van der Waals surface area contributed by atoms with Crippen molar-refractivity contribution in [3.63, 3.8) is 0 Å². The third-order valence-corrected chi connectivity index (χ3v) is 7.35. The summed E-state index contributed by atoms with van der Waals surface area (Å²) in [7, 11) is 0. The van der Waals surface area contributed by atoms with Crippen molar-refractivity contribution in [3.8, 4) is 0 Å². The molecule has 3 aromatic carbocycles.